The third-order valence-electron chi connectivity index (χ3n) is 4.94. The molecule has 2 aromatic carbocycles. The number of methoxy groups -OCH3 is 1. The molecule has 0 radical (unpaired) electrons. The van der Waals surface area contributed by atoms with Crippen molar-refractivity contribution < 1.29 is 14.3 Å². The number of aryl methyl sites for hydroxylation is 1. The van der Waals surface area contributed by atoms with E-state index in [1.165, 1.54) is 11.7 Å². The number of nitrogens with zero attached hydrogens (tertiary/aromatic N) is 2. The molecular weight excluding hydrogens is 452 g/mol. The molecule has 3 amide bonds. The van der Waals surface area contributed by atoms with E-state index in [1.807, 2.05) is 6.92 Å². The molecule has 1 aliphatic rings. The monoisotopic (exact) mass is 472 g/mol. The number of fused-ring (bicyclic) bond motifs is 1. The van der Waals surface area contributed by atoms with Crippen molar-refractivity contribution >= 4 is 46.2 Å². The first-order valence-electron chi connectivity index (χ1n) is 9.97. The highest BCUT2D eigenvalue weighted by Crippen LogP contribution is 2.32. The largest absolute Gasteiger partial charge is 0.495 e. The highest BCUT2D eigenvalue weighted by Gasteiger charge is 2.24. The Morgan fingerprint density at radius 1 is 1.28 bits per heavy atom. The topological polar surface area (TPSA) is 102 Å². The number of benzene rings is 2. The van der Waals surface area contributed by atoms with E-state index in [4.69, 9.17) is 16.3 Å². The molecule has 1 fully saturated rings. The summed E-state index contributed by atoms with van der Waals surface area (Å²) in [4.78, 5) is 42.2. The number of imide groups is 1. The van der Waals surface area contributed by atoms with Crippen LogP contribution < -0.4 is 20.9 Å². The summed E-state index contributed by atoms with van der Waals surface area (Å²) in [6.07, 6.45) is 1.85. The maximum absolute atomic E-state index is 13.4. The molecule has 0 bridgehead atoms. The SMILES string of the molecule is COc1cc(Cl)c(C)cc1-n1c(SCC(=O)NC(=O)NC2CC2)nc2ccccc2c1=O. The summed E-state index contributed by atoms with van der Waals surface area (Å²) in [5.41, 5.74) is 1.43. The smallest absolute Gasteiger partial charge is 0.321 e. The lowest BCUT2D eigenvalue weighted by molar-refractivity contribution is -0.117. The van der Waals surface area contributed by atoms with Gasteiger partial charge in [0.2, 0.25) is 5.91 Å². The first-order valence-corrected chi connectivity index (χ1v) is 11.3. The molecule has 8 nitrogen and oxygen atoms in total. The van der Waals surface area contributed by atoms with E-state index in [0.717, 1.165) is 30.2 Å². The van der Waals surface area contributed by atoms with Crippen LogP contribution in [0, 0.1) is 6.92 Å². The van der Waals surface area contributed by atoms with E-state index >= 15 is 0 Å². The Labute approximate surface area is 193 Å². The van der Waals surface area contributed by atoms with Gasteiger partial charge in [-0.3, -0.25) is 19.5 Å². The summed E-state index contributed by atoms with van der Waals surface area (Å²) in [6.45, 7) is 1.82. The molecule has 32 heavy (non-hydrogen) atoms. The number of ether oxygens (including phenoxy) is 1. The number of amides is 3. The third kappa shape index (κ3) is 4.73. The molecule has 0 aliphatic heterocycles. The molecule has 4 rings (SSSR count). The van der Waals surface area contributed by atoms with Crippen molar-refractivity contribution in [1.29, 1.82) is 0 Å². The van der Waals surface area contributed by atoms with Gasteiger partial charge in [-0.2, -0.15) is 0 Å². The van der Waals surface area contributed by atoms with E-state index in [0.29, 0.717) is 32.5 Å². The molecule has 0 atom stereocenters. The first kappa shape index (κ1) is 22.2. The second-order valence-corrected chi connectivity index (χ2v) is 8.76. The molecule has 1 aromatic heterocycles. The van der Waals surface area contributed by atoms with Crippen LogP contribution >= 0.6 is 23.4 Å². The quantitative estimate of drug-likeness (QED) is 0.421. The molecule has 10 heteroatoms. The molecule has 1 aliphatic carbocycles. The Bertz CT molecular complexity index is 1270. The number of para-hydroxylation sites is 1. The summed E-state index contributed by atoms with van der Waals surface area (Å²) >= 11 is 7.30. The van der Waals surface area contributed by atoms with Crippen LogP contribution in [0.5, 0.6) is 5.75 Å². The van der Waals surface area contributed by atoms with E-state index in [1.54, 1.807) is 36.4 Å². The Kier molecular flexibility index (Phi) is 6.38. The van der Waals surface area contributed by atoms with Gasteiger partial charge in [-0.15, -0.1) is 0 Å². The molecule has 2 N–H and O–H groups in total. The van der Waals surface area contributed by atoms with Gasteiger partial charge in [-0.05, 0) is 43.5 Å². The van der Waals surface area contributed by atoms with Gasteiger partial charge in [-0.1, -0.05) is 35.5 Å². The molecule has 0 saturated heterocycles. The lowest BCUT2D eigenvalue weighted by Crippen LogP contribution is -2.41. The fourth-order valence-corrected chi connectivity index (χ4v) is 4.11. The number of thioether (sulfide) groups is 1. The van der Waals surface area contributed by atoms with Crippen LogP contribution in [0.15, 0.2) is 46.3 Å². The van der Waals surface area contributed by atoms with E-state index < -0.39 is 11.9 Å². The standard InChI is InChI=1S/C22H21ClN4O4S/c1-12-9-17(18(31-2)10-15(12)23)27-20(29)14-5-3-4-6-16(14)25-22(27)32-11-19(28)26-21(30)24-13-7-8-13/h3-6,9-10,13H,7-8,11H2,1-2H3,(H2,24,26,28,30). The summed E-state index contributed by atoms with van der Waals surface area (Å²) < 4.78 is 6.87. The first-order chi connectivity index (χ1) is 15.4. The lowest BCUT2D eigenvalue weighted by Gasteiger charge is -2.17. The van der Waals surface area contributed by atoms with Crippen molar-refractivity contribution in [3.8, 4) is 11.4 Å². The number of aromatic nitrogens is 2. The van der Waals surface area contributed by atoms with Crippen LogP contribution in [0.1, 0.15) is 18.4 Å². The van der Waals surface area contributed by atoms with Crippen LogP contribution in [0.25, 0.3) is 16.6 Å². The van der Waals surface area contributed by atoms with Crippen LogP contribution in [-0.2, 0) is 4.79 Å². The number of rotatable bonds is 6. The molecule has 1 heterocycles. The summed E-state index contributed by atoms with van der Waals surface area (Å²) in [7, 11) is 1.49. The van der Waals surface area contributed by atoms with Gasteiger partial charge >= 0.3 is 6.03 Å². The van der Waals surface area contributed by atoms with E-state index in [2.05, 4.69) is 15.6 Å². The lowest BCUT2D eigenvalue weighted by atomic mass is 10.2. The minimum Gasteiger partial charge on any atom is -0.495 e. The number of carbonyl (C=O) groups excluding carboxylic acids is 2. The van der Waals surface area contributed by atoms with E-state index in [-0.39, 0.29) is 17.4 Å². The second-order valence-electron chi connectivity index (χ2n) is 7.41. The summed E-state index contributed by atoms with van der Waals surface area (Å²) in [5, 5.41) is 6.24. The number of urea groups is 1. The average Bonchev–Trinajstić information content (AvgIpc) is 3.58. The maximum atomic E-state index is 13.4. The Balaban J connectivity index is 1.72. The maximum Gasteiger partial charge on any atom is 0.321 e. The Hall–Kier alpha value is -3.04. The zero-order valence-corrected chi connectivity index (χ0v) is 19.0. The van der Waals surface area contributed by atoms with Crippen molar-refractivity contribution in [1.82, 2.24) is 20.2 Å². The van der Waals surface area contributed by atoms with Crippen molar-refractivity contribution in [2.75, 3.05) is 12.9 Å². The molecule has 0 spiro atoms. The summed E-state index contributed by atoms with van der Waals surface area (Å²) in [6, 6.07) is 9.98. The molecule has 166 valence electrons. The number of hydrogen-bond acceptors (Lipinski definition) is 6. The van der Waals surface area contributed by atoms with Gasteiger partial charge in [0.1, 0.15) is 5.75 Å². The van der Waals surface area contributed by atoms with Crippen LogP contribution in [0.3, 0.4) is 0 Å². The zero-order valence-electron chi connectivity index (χ0n) is 17.5. The van der Waals surface area contributed by atoms with E-state index in [9.17, 15) is 14.4 Å². The number of hydrogen-bond donors (Lipinski definition) is 2. The molecule has 0 unspecified atom stereocenters. The predicted octanol–water partition coefficient (Wildman–Crippen LogP) is 3.44. The fourth-order valence-electron chi connectivity index (χ4n) is 3.15. The second kappa shape index (κ2) is 9.22. The van der Waals surface area contributed by atoms with Gasteiger partial charge in [0, 0.05) is 17.1 Å². The highest BCUT2D eigenvalue weighted by molar-refractivity contribution is 7.99. The Morgan fingerprint density at radius 2 is 2.03 bits per heavy atom. The van der Waals surface area contributed by atoms with Gasteiger partial charge in [0.15, 0.2) is 5.16 Å². The van der Waals surface area contributed by atoms with Gasteiger partial charge < -0.3 is 10.1 Å². The molecule has 3 aromatic rings. The van der Waals surface area contributed by atoms with Crippen LogP contribution in [-0.4, -0.2) is 40.4 Å². The minimum atomic E-state index is -0.517. The normalized spacial score (nSPS) is 13.1. The molecular formula is C22H21ClN4O4S. The van der Waals surface area contributed by atoms with Gasteiger partial charge in [-0.25, -0.2) is 9.78 Å². The van der Waals surface area contributed by atoms with Crippen LogP contribution in [0.4, 0.5) is 4.79 Å². The van der Waals surface area contributed by atoms with Crippen molar-refractivity contribution in [2.45, 2.75) is 31.0 Å². The summed E-state index contributed by atoms with van der Waals surface area (Å²) in [5.74, 6) is -0.186. The Morgan fingerprint density at radius 3 is 2.75 bits per heavy atom. The van der Waals surface area contributed by atoms with Gasteiger partial charge in [0.25, 0.3) is 5.56 Å². The zero-order chi connectivity index (χ0) is 22.8. The van der Waals surface area contributed by atoms with Crippen molar-refractivity contribution in [3.05, 3.63) is 57.3 Å². The van der Waals surface area contributed by atoms with Crippen molar-refractivity contribution in [3.63, 3.8) is 0 Å². The molecule has 1 saturated carbocycles. The predicted molar refractivity (Wildman–Crippen MR) is 124 cm³/mol. The number of carbonyl (C=O) groups is 2. The van der Waals surface area contributed by atoms with Crippen molar-refractivity contribution in [2.24, 2.45) is 0 Å². The minimum absolute atomic E-state index is 0.0995. The van der Waals surface area contributed by atoms with Crippen LogP contribution in [0.2, 0.25) is 5.02 Å². The average molecular weight is 473 g/mol. The fraction of sp³-hybridized carbons (Fsp3) is 0.273. The number of halogens is 1. The number of nitrogens with one attached hydrogen (secondary N) is 2. The van der Waals surface area contributed by atoms with Gasteiger partial charge in [0.05, 0.1) is 29.5 Å². The third-order valence-corrected chi connectivity index (χ3v) is 6.29. The highest BCUT2D eigenvalue weighted by atomic mass is 35.5.